The van der Waals surface area contributed by atoms with Gasteiger partial charge in [-0.25, -0.2) is 8.42 Å². The van der Waals surface area contributed by atoms with Crippen molar-refractivity contribution < 1.29 is 47.3 Å². The molecule has 0 aliphatic heterocycles. The zero-order valence-electron chi connectivity index (χ0n) is 17.2. The fourth-order valence-corrected chi connectivity index (χ4v) is 3.76. The molecule has 0 aliphatic rings. The molecule has 0 spiro atoms. The van der Waals surface area contributed by atoms with Crippen LogP contribution in [-0.2, 0) is 16.7 Å². The molecular formula is C22H17N4NaO4S. The summed E-state index contributed by atoms with van der Waals surface area (Å²) in [6, 6.07) is 18.3. The van der Waals surface area contributed by atoms with Crippen LogP contribution < -0.4 is 40.0 Å². The zero-order chi connectivity index (χ0) is 21.8. The molecule has 32 heavy (non-hydrogen) atoms. The Labute approximate surface area is 207 Å². The Morgan fingerprint density at radius 2 is 1.62 bits per heavy atom. The Morgan fingerprint density at radius 3 is 2.34 bits per heavy atom. The zero-order valence-corrected chi connectivity index (χ0v) is 20.0. The molecule has 10 heteroatoms. The van der Waals surface area contributed by atoms with Crippen LogP contribution in [0.15, 0.2) is 94.2 Å². The van der Waals surface area contributed by atoms with Gasteiger partial charge in [0.1, 0.15) is 33.8 Å². The van der Waals surface area contributed by atoms with E-state index in [9.17, 15) is 13.0 Å². The van der Waals surface area contributed by atoms with Gasteiger partial charge in [0.25, 0.3) is 0 Å². The molecule has 0 radical (unpaired) electrons. The maximum absolute atomic E-state index is 11.8. The van der Waals surface area contributed by atoms with Gasteiger partial charge in [-0.1, -0.05) is 42.5 Å². The number of para-hydroxylation sites is 1. The molecule has 4 rings (SSSR count). The Bertz CT molecular complexity index is 1380. The number of nitrogens with zero attached hydrogens (tertiary/aromatic N) is 3. The molecule has 2 N–H and O–H groups in total. The van der Waals surface area contributed by atoms with Gasteiger partial charge in [0.15, 0.2) is 0 Å². The van der Waals surface area contributed by atoms with E-state index >= 15 is 0 Å². The monoisotopic (exact) mass is 456 g/mol. The summed E-state index contributed by atoms with van der Waals surface area (Å²) < 4.78 is 41.1. The number of fused-ring (bicyclic) bond motifs is 1. The molecule has 0 saturated carbocycles. The molecule has 0 unspecified atom stereocenters. The van der Waals surface area contributed by atoms with Crippen molar-refractivity contribution in [1.82, 2.24) is 4.98 Å². The van der Waals surface area contributed by atoms with Crippen LogP contribution >= 0.6 is 0 Å². The molecule has 0 amide bonds. The summed E-state index contributed by atoms with van der Waals surface area (Å²) >= 11 is 0. The topological polar surface area (TPSA) is 130 Å². The summed E-state index contributed by atoms with van der Waals surface area (Å²) in [6.07, 6.45) is 3.38. The number of ether oxygens (including phenoxy) is 1. The number of nitrogen functional groups attached to an aromatic ring is 1. The van der Waals surface area contributed by atoms with E-state index in [1.54, 1.807) is 54.9 Å². The first-order valence-corrected chi connectivity index (χ1v) is 10.6. The number of hydrogen-bond acceptors (Lipinski definition) is 8. The molecule has 0 bridgehead atoms. The minimum absolute atomic E-state index is 0. The van der Waals surface area contributed by atoms with Gasteiger partial charge in [-0.3, -0.25) is 4.98 Å². The smallest absolute Gasteiger partial charge is 0.744 e. The number of nitrogens with two attached hydrogens (primary N) is 1. The van der Waals surface area contributed by atoms with Crippen molar-refractivity contribution in [1.29, 1.82) is 0 Å². The molecule has 0 aliphatic carbocycles. The fourth-order valence-electron chi connectivity index (χ4n) is 3.05. The van der Waals surface area contributed by atoms with E-state index in [2.05, 4.69) is 15.2 Å². The number of aromatic nitrogens is 1. The van der Waals surface area contributed by atoms with E-state index in [1.807, 2.05) is 12.1 Å². The molecule has 0 fully saturated rings. The second kappa shape index (κ2) is 10.2. The third-order valence-corrected chi connectivity index (χ3v) is 5.42. The molecule has 0 atom stereocenters. The predicted molar refractivity (Wildman–Crippen MR) is 116 cm³/mol. The van der Waals surface area contributed by atoms with E-state index in [4.69, 9.17) is 10.5 Å². The average Bonchev–Trinajstić information content (AvgIpc) is 2.78. The van der Waals surface area contributed by atoms with Crippen LogP contribution in [0.25, 0.3) is 10.8 Å². The van der Waals surface area contributed by atoms with Gasteiger partial charge in [-0.05, 0) is 24.3 Å². The first-order chi connectivity index (χ1) is 14.9. The molecule has 156 valence electrons. The van der Waals surface area contributed by atoms with Crippen molar-refractivity contribution in [2.75, 3.05) is 5.73 Å². The summed E-state index contributed by atoms with van der Waals surface area (Å²) in [7, 11) is -4.74. The number of benzene rings is 3. The van der Waals surface area contributed by atoms with E-state index in [0.29, 0.717) is 16.8 Å². The Kier molecular flexibility index (Phi) is 7.60. The maximum Gasteiger partial charge on any atom is 1.00 e. The normalized spacial score (nSPS) is 11.4. The number of hydrogen-bond donors (Lipinski definition) is 1. The van der Waals surface area contributed by atoms with Gasteiger partial charge < -0.3 is 15.0 Å². The minimum atomic E-state index is -4.74. The Balaban J connectivity index is 0.00000289. The summed E-state index contributed by atoms with van der Waals surface area (Å²) in [5.41, 5.74) is 7.79. The summed E-state index contributed by atoms with van der Waals surface area (Å²) in [6.45, 7) is 0.289. The van der Waals surface area contributed by atoms with Crippen molar-refractivity contribution in [2.45, 2.75) is 11.5 Å². The van der Waals surface area contributed by atoms with Crippen molar-refractivity contribution in [3.63, 3.8) is 0 Å². The fraction of sp³-hybridized carbons (Fsp3) is 0.0455. The number of pyridine rings is 1. The summed E-state index contributed by atoms with van der Waals surface area (Å²) in [4.78, 5) is 3.65. The molecule has 8 nitrogen and oxygen atoms in total. The standard InChI is InChI=1S/C22H18N4O4S.Na/c23-22-17-8-2-1-7-16(17)21(31(27,28)29)12-19(22)26-25-18-9-3-4-10-20(18)30-14-15-6-5-11-24-13-15;/h1-13H,14,23H2,(H,27,28,29);/q;+1/p-1. The third-order valence-electron chi connectivity index (χ3n) is 4.54. The predicted octanol–water partition coefficient (Wildman–Crippen LogP) is 1.72. The number of anilines is 1. The van der Waals surface area contributed by atoms with Crippen LogP contribution in [0.3, 0.4) is 0 Å². The van der Waals surface area contributed by atoms with Crippen molar-refractivity contribution >= 4 is 38.0 Å². The molecule has 4 aromatic rings. The van der Waals surface area contributed by atoms with Gasteiger partial charge in [0.05, 0.1) is 10.6 Å². The Morgan fingerprint density at radius 1 is 0.938 bits per heavy atom. The molecule has 0 saturated heterocycles. The molecule has 1 heterocycles. The van der Waals surface area contributed by atoms with Crippen molar-refractivity contribution in [3.8, 4) is 5.75 Å². The second-order valence-electron chi connectivity index (χ2n) is 6.62. The quantitative estimate of drug-likeness (QED) is 0.203. The number of azo groups is 1. The van der Waals surface area contributed by atoms with Crippen LogP contribution in [0.5, 0.6) is 5.75 Å². The summed E-state index contributed by atoms with van der Waals surface area (Å²) in [5.74, 6) is 0.478. The van der Waals surface area contributed by atoms with Gasteiger partial charge in [-0.2, -0.15) is 0 Å². The molecular weight excluding hydrogens is 439 g/mol. The molecule has 3 aromatic carbocycles. The van der Waals surface area contributed by atoms with Gasteiger partial charge in [-0.15, -0.1) is 10.2 Å². The van der Waals surface area contributed by atoms with Gasteiger partial charge in [0, 0.05) is 28.7 Å². The van der Waals surface area contributed by atoms with E-state index < -0.39 is 15.0 Å². The SMILES string of the molecule is Nc1c(N=Nc2ccccc2OCc2cccnc2)cc(S(=O)(=O)[O-])c2ccccc12.[Na+]. The van der Waals surface area contributed by atoms with E-state index in [0.717, 1.165) is 11.6 Å². The van der Waals surface area contributed by atoms with Crippen molar-refractivity contribution in [2.24, 2.45) is 10.2 Å². The van der Waals surface area contributed by atoms with Gasteiger partial charge in [0.2, 0.25) is 0 Å². The largest absolute Gasteiger partial charge is 1.00 e. The van der Waals surface area contributed by atoms with Crippen LogP contribution in [0, 0.1) is 0 Å². The minimum Gasteiger partial charge on any atom is -0.744 e. The third kappa shape index (κ3) is 5.32. The second-order valence-corrected chi connectivity index (χ2v) is 7.97. The van der Waals surface area contributed by atoms with E-state index in [1.165, 1.54) is 6.07 Å². The van der Waals surface area contributed by atoms with Crippen LogP contribution in [0.2, 0.25) is 0 Å². The van der Waals surface area contributed by atoms with Crippen LogP contribution in [0.4, 0.5) is 17.1 Å². The Hall–Kier alpha value is -2.82. The van der Waals surface area contributed by atoms with Crippen LogP contribution in [-0.4, -0.2) is 18.0 Å². The first kappa shape index (κ1) is 23.8. The number of rotatable bonds is 6. The van der Waals surface area contributed by atoms with Crippen LogP contribution in [0.1, 0.15) is 5.56 Å². The molecule has 1 aromatic heterocycles. The average molecular weight is 456 g/mol. The maximum atomic E-state index is 11.8. The first-order valence-electron chi connectivity index (χ1n) is 9.23. The van der Waals surface area contributed by atoms with Gasteiger partial charge >= 0.3 is 29.6 Å². The summed E-state index contributed by atoms with van der Waals surface area (Å²) in [5, 5.41) is 8.96. The van der Waals surface area contributed by atoms with E-state index in [-0.39, 0.29) is 52.9 Å². The van der Waals surface area contributed by atoms with Crippen molar-refractivity contribution in [3.05, 3.63) is 84.7 Å².